The van der Waals surface area contributed by atoms with Gasteiger partial charge in [-0.1, -0.05) is 12.1 Å². The summed E-state index contributed by atoms with van der Waals surface area (Å²) in [5.41, 5.74) is 2.28. The summed E-state index contributed by atoms with van der Waals surface area (Å²) in [6.07, 6.45) is 0. The minimum Gasteiger partial charge on any atom is -0.378 e. The van der Waals surface area contributed by atoms with E-state index in [0.29, 0.717) is 6.54 Å². The maximum absolute atomic E-state index is 12.0. The number of hydrogen-bond donors (Lipinski definition) is 1. The van der Waals surface area contributed by atoms with E-state index in [1.54, 1.807) is 0 Å². The Labute approximate surface area is 119 Å². The summed E-state index contributed by atoms with van der Waals surface area (Å²) in [7, 11) is 4.03. The number of hydrogen-bond acceptors (Lipinski definition) is 3. The smallest absolute Gasteiger partial charge is 0.317 e. The molecule has 0 aromatic heterocycles. The van der Waals surface area contributed by atoms with Gasteiger partial charge in [0.1, 0.15) is 0 Å². The summed E-state index contributed by atoms with van der Waals surface area (Å²) in [5.74, 6) is 2.09. The molecule has 1 saturated heterocycles. The van der Waals surface area contributed by atoms with E-state index in [1.165, 1.54) is 0 Å². The van der Waals surface area contributed by atoms with Gasteiger partial charge in [0.05, 0.1) is 0 Å². The molecule has 2 amide bonds. The highest BCUT2D eigenvalue weighted by molar-refractivity contribution is 7.99. The van der Waals surface area contributed by atoms with Crippen LogP contribution >= 0.6 is 11.8 Å². The van der Waals surface area contributed by atoms with Gasteiger partial charge in [-0.15, -0.1) is 0 Å². The number of carbonyl (C=O) groups is 1. The number of anilines is 1. The second kappa shape index (κ2) is 6.70. The first-order valence-corrected chi connectivity index (χ1v) is 7.69. The lowest BCUT2D eigenvalue weighted by atomic mass is 10.2. The fraction of sp³-hybridized carbons (Fsp3) is 0.500. The van der Waals surface area contributed by atoms with Crippen LogP contribution in [0.5, 0.6) is 0 Å². The van der Waals surface area contributed by atoms with Gasteiger partial charge in [0.25, 0.3) is 0 Å². The maximum atomic E-state index is 12.0. The highest BCUT2D eigenvalue weighted by Gasteiger charge is 2.15. The predicted octanol–water partition coefficient (Wildman–Crippen LogP) is 2.01. The molecule has 0 aliphatic carbocycles. The molecule has 4 nitrogen and oxygen atoms in total. The Hall–Kier alpha value is -1.36. The zero-order chi connectivity index (χ0) is 13.7. The quantitative estimate of drug-likeness (QED) is 0.919. The van der Waals surface area contributed by atoms with Crippen LogP contribution in [0.2, 0.25) is 0 Å². The van der Waals surface area contributed by atoms with Gasteiger partial charge in [-0.2, -0.15) is 11.8 Å². The van der Waals surface area contributed by atoms with Gasteiger partial charge in [0.15, 0.2) is 0 Å². The monoisotopic (exact) mass is 279 g/mol. The number of benzene rings is 1. The molecule has 1 N–H and O–H groups in total. The van der Waals surface area contributed by atoms with Gasteiger partial charge in [0.2, 0.25) is 0 Å². The Balaban J connectivity index is 1.87. The molecule has 1 aliphatic heterocycles. The lowest BCUT2D eigenvalue weighted by Gasteiger charge is -2.26. The Kier molecular flexibility index (Phi) is 4.96. The summed E-state index contributed by atoms with van der Waals surface area (Å²) in [4.78, 5) is 15.9. The largest absolute Gasteiger partial charge is 0.378 e. The standard InChI is InChI=1S/C14H21N3OS/c1-16(2)13-5-3-4-12(10-13)11-15-14(18)17-6-8-19-9-7-17/h3-5,10H,6-9,11H2,1-2H3,(H,15,18). The van der Waals surface area contributed by atoms with E-state index < -0.39 is 0 Å². The van der Waals surface area contributed by atoms with Gasteiger partial charge < -0.3 is 15.1 Å². The molecule has 104 valence electrons. The first-order valence-electron chi connectivity index (χ1n) is 6.53. The highest BCUT2D eigenvalue weighted by atomic mass is 32.2. The zero-order valence-electron chi connectivity index (χ0n) is 11.6. The molecule has 1 fully saturated rings. The molecule has 0 spiro atoms. The molecule has 5 heteroatoms. The summed E-state index contributed by atoms with van der Waals surface area (Å²) in [5, 5.41) is 2.99. The minimum atomic E-state index is 0.0514. The fourth-order valence-corrected chi connectivity index (χ4v) is 2.90. The lowest BCUT2D eigenvalue weighted by molar-refractivity contribution is 0.202. The van der Waals surface area contributed by atoms with Crippen LogP contribution in [0, 0.1) is 0 Å². The van der Waals surface area contributed by atoms with Gasteiger partial charge in [-0.3, -0.25) is 0 Å². The van der Waals surface area contributed by atoms with E-state index in [1.807, 2.05) is 42.9 Å². The second-order valence-corrected chi connectivity index (χ2v) is 6.05. The van der Waals surface area contributed by atoms with E-state index in [4.69, 9.17) is 0 Å². The van der Waals surface area contributed by atoms with Crippen molar-refractivity contribution in [1.29, 1.82) is 0 Å². The number of amides is 2. The Morgan fingerprint density at radius 3 is 2.79 bits per heavy atom. The molecule has 0 unspecified atom stereocenters. The number of nitrogens with zero attached hydrogens (tertiary/aromatic N) is 2. The summed E-state index contributed by atoms with van der Waals surface area (Å²) >= 11 is 1.91. The molecule has 0 atom stereocenters. The molecular formula is C14H21N3OS. The molecule has 0 radical (unpaired) electrons. The first kappa shape index (κ1) is 14.1. The van der Waals surface area contributed by atoms with E-state index in [-0.39, 0.29) is 6.03 Å². The van der Waals surface area contributed by atoms with Gasteiger partial charge >= 0.3 is 6.03 Å². The van der Waals surface area contributed by atoms with Gasteiger partial charge in [-0.25, -0.2) is 4.79 Å². The van der Waals surface area contributed by atoms with E-state index >= 15 is 0 Å². The number of carbonyl (C=O) groups excluding carboxylic acids is 1. The van der Waals surface area contributed by atoms with Crippen molar-refractivity contribution in [2.75, 3.05) is 43.6 Å². The van der Waals surface area contributed by atoms with Crippen molar-refractivity contribution in [2.45, 2.75) is 6.54 Å². The zero-order valence-corrected chi connectivity index (χ0v) is 12.4. The average molecular weight is 279 g/mol. The van der Waals surface area contributed by atoms with E-state index in [0.717, 1.165) is 35.8 Å². The van der Waals surface area contributed by atoms with Crippen molar-refractivity contribution in [3.05, 3.63) is 29.8 Å². The van der Waals surface area contributed by atoms with Crippen molar-refractivity contribution < 1.29 is 4.79 Å². The lowest BCUT2D eigenvalue weighted by Crippen LogP contribution is -2.44. The van der Waals surface area contributed by atoms with Crippen LogP contribution in [0.25, 0.3) is 0 Å². The van der Waals surface area contributed by atoms with Crippen molar-refractivity contribution in [1.82, 2.24) is 10.2 Å². The number of rotatable bonds is 3. The van der Waals surface area contributed by atoms with Gasteiger partial charge in [-0.05, 0) is 17.7 Å². The van der Waals surface area contributed by atoms with Crippen LogP contribution in [0.1, 0.15) is 5.56 Å². The van der Waals surface area contributed by atoms with Crippen LogP contribution in [0.3, 0.4) is 0 Å². The van der Waals surface area contributed by atoms with Crippen LogP contribution in [0.15, 0.2) is 24.3 Å². The first-order chi connectivity index (χ1) is 9.16. The SMILES string of the molecule is CN(C)c1cccc(CNC(=O)N2CCSCC2)c1. The molecule has 1 aromatic rings. The predicted molar refractivity (Wildman–Crippen MR) is 81.9 cm³/mol. The summed E-state index contributed by atoms with van der Waals surface area (Å²) < 4.78 is 0. The summed E-state index contributed by atoms with van der Waals surface area (Å²) in [6, 6.07) is 8.28. The molecule has 0 saturated carbocycles. The van der Waals surface area contributed by atoms with E-state index in [2.05, 4.69) is 22.3 Å². The number of nitrogens with one attached hydrogen (secondary N) is 1. The van der Waals surface area contributed by atoms with Gasteiger partial charge in [0, 0.05) is 50.9 Å². The van der Waals surface area contributed by atoms with Crippen LogP contribution in [-0.2, 0) is 6.54 Å². The van der Waals surface area contributed by atoms with Crippen molar-refractivity contribution >= 4 is 23.5 Å². The molecule has 1 aliphatic rings. The second-order valence-electron chi connectivity index (χ2n) is 4.82. The van der Waals surface area contributed by atoms with Crippen molar-refractivity contribution in [3.8, 4) is 0 Å². The Morgan fingerprint density at radius 2 is 2.11 bits per heavy atom. The molecule has 19 heavy (non-hydrogen) atoms. The molecule has 1 heterocycles. The molecule has 0 bridgehead atoms. The molecule has 1 aromatic carbocycles. The summed E-state index contributed by atoms with van der Waals surface area (Å²) in [6.45, 7) is 2.30. The third-order valence-corrected chi connectivity index (χ3v) is 4.11. The average Bonchev–Trinajstić information content (AvgIpc) is 2.46. The van der Waals surface area contributed by atoms with Crippen LogP contribution in [0.4, 0.5) is 10.5 Å². The normalized spacial score (nSPS) is 15.2. The van der Waals surface area contributed by atoms with Crippen molar-refractivity contribution in [3.63, 3.8) is 0 Å². The third-order valence-electron chi connectivity index (χ3n) is 3.17. The third kappa shape index (κ3) is 4.06. The topological polar surface area (TPSA) is 35.6 Å². The van der Waals surface area contributed by atoms with Crippen molar-refractivity contribution in [2.24, 2.45) is 0 Å². The van der Waals surface area contributed by atoms with Crippen LogP contribution < -0.4 is 10.2 Å². The van der Waals surface area contributed by atoms with Crippen LogP contribution in [-0.4, -0.2) is 49.6 Å². The highest BCUT2D eigenvalue weighted by Crippen LogP contribution is 2.13. The van der Waals surface area contributed by atoms with E-state index in [9.17, 15) is 4.79 Å². The minimum absolute atomic E-state index is 0.0514. The molecule has 2 rings (SSSR count). The fourth-order valence-electron chi connectivity index (χ4n) is 2.00. The Bertz CT molecular complexity index is 430. The molecular weight excluding hydrogens is 258 g/mol. The number of thioether (sulfide) groups is 1. The maximum Gasteiger partial charge on any atom is 0.317 e. The Morgan fingerprint density at radius 1 is 1.37 bits per heavy atom. The number of urea groups is 1.